The van der Waals surface area contributed by atoms with Gasteiger partial charge in [0.05, 0.1) is 17.3 Å². The molecule has 2 aliphatic rings. The van der Waals surface area contributed by atoms with Gasteiger partial charge in [-0.05, 0) is 18.3 Å². The second-order valence-electron chi connectivity index (χ2n) is 8.87. The van der Waals surface area contributed by atoms with Gasteiger partial charge in [0.15, 0.2) is 0 Å². The first-order chi connectivity index (χ1) is 10.6. The molecule has 1 aliphatic heterocycles. The number of aliphatic hydroxyl groups is 1. The first-order valence-electron chi connectivity index (χ1n) is 8.55. The first-order valence-corrected chi connectivity index (χ1v) is 9.36. The van der Waals surface area contributed by atoms with Crippen LogP contribution in [0, 0.1) is 16.7 Å². The molecule has 1 saturated heterocycles. The van der Waals surface area contributed by atoms with Crippen LogP contribution < -0.4 is 0 Å². The summed E-state index contributed by atoms with van der Waals surface area (Å²) in [5.74, 6) is 0.335. The highest BCUT2D eigenvalue weighted by atomic mass is 32.1. The van der Waals surface area contributed by atoms with Crippen molar-refractivity contribution >= 4 is 17.2 Å². The number of hydrogen-bond acceptors (Lipinski definition) is 4. The fraction of sp³-hybridized carbons (Fsp3) is 0.778. The predicted molar refractivity (Wildman–Crippen MR) is 92.6 cm³/mol. The summed E-state index contributed by atoms with van der Waals surface area (Å²) >= 11 is 1.52. The molecule has 3 atom stereocenters. The molecule has 2 heterocycles. The Labute approximate surface area is 142 Å². The molecule has 1 aromatic heterocycles. The summed E-state index contributed by atoms with van der Waals surface area (Å²) in [6.45, 7) is 11.5. The van der Waals surface area contributed by atoms with E-state index in [4.69, 9.17) is 0 Å². The Bertz CT molecular complexity index is 602. The largest absolute Gasteiger partial charge is 0.392 e. The maximum atomic E-state index is 13.0. The minimum absolute atomic E-state index is 0.0948. The van der Waals surface area contributed by atoms with Crippen molar-refractivity contribution in [2.24, 2.45) is 16.7 Å². The Morgan fingerprint density at radius 3 is 2.83 bits per heavy atom. The molecule has 0 spiro atoms. The van der Waals surface area contributed by atoms with Gasteiger partial charge in [0.2, 0.25) is 0 Å². The third-order valence-corrected chi connectivity index (χ3v) is 6.30. The number of likely N-dealkylation sites (tertiary alicyclic amines) is 1. The molecule has 3 rings (SSSR count). The Kier molecular flexibility index (Phi) is 4.08. The van der Waals surface area contributed by atoms with Crippen molar-refractivity contribution in [2.75, 3.05) is 6.54 Å². The SMILES string of the molecule is CC(C)(C)Cc1ncc(C(=O)N2CCC[C@@H]3[C@H](O)C(C)(C)[C@@H]32)s1. The van der Waals surface area contributed by atoms with Crippen LogP contribution in [-0.2, 0) is 6.42 Å². The summed E-state index contributed by atoms with van der Waals surface area (Å²) in [5.41, 5.74) is -0.0336. The maximum Gasteiger partial charge on any atom is 0.265 e. The van der Waals surface area contributed by atoms with E-state index in [1.165, 1.54) is 11.3 Å². The van der Waals surface area contributed by atoms with Gasteiger partial charge in [-0.25, -0.2) is 4.98 Å². The molecule has 0 unspecified atom stereocenters. The molecule has 1 saturated carbocycles. The number of rotatable bonds is 2. The molecule has 0 bridgehead atoms. The highest BCUT2D eigenvalue weighted by Crippen LogP contribution is 2.52. The fourth-order valence-corrected chi connectivity index (χ4v) is 5.41. The summed E-state index contributed by atoms with van der Waals surface area (Å²) in [6, 6.07) is 0.159. The van der Waals surface area contributed by atoms with E-state index in [0.29, 0.717) is 0 Å². The lowest BCUT2D eigenvalue weighted by atomic mass is 9.54. The van der Waals surface area contributed by atoms with Gasteiger partial charge in [-0.15, -0.1) is 11.3 Å². The van der Waals surface area contributed by atoms with Crippen molar-refractivity contribution in [1.82, 2.24) is 9.88 Å². The van der Waals surface area contributed by atoms with Crippen molar-refractivity contribution in [3.05, 3.63) is 16.1 Å². The van der Waals surface area contributed by atoms with Crippen molar-refractivity contribution < 1.29 is 9.90 Å². The smallest absolute Gasteiger partial charge is 0.265 e. The molecule has 4 nitrogen and oxygen atoms in total. The van der Waals surface area contributed by atoms with E-state index in [1.54, 1.807) is 6.20 Å². The summed E-state index contributed by atoms with van der Waals surface area (Å²) < 4.78 is 0. The number of carbonyl (C=O) groups is 1. The number of hydrogen-bond donors (Lipinski definition) is 1. The average molecular weight is 337 g/mol. The highest BCUT2D eigenvalue weighted by Gasteiger charge is 2.60. The lowest BCUT2D eigenvalue weighted by Gasteiger charge is -2.62. The van der Waals surface area contributed by atoms with E-state index in [1.807, 2.05) is 4.90 Å². The van der Waals surface area contributed by atoms with Gasteiger partial charge in [0.1, 0.15) is 4.88 Å². The molecule has 5 heteroatoms. The molecular weight excluding hydrogens is 308 g/mol. The number of amides is 1. The van der Waals surface area contributed by atoms with Crippen LogP contribution in [0.5, 0.6) is 0 Å². The van der Waals surface area contributed by atoms with Crippen molar-refractivity contribution in [2.45, 2.75) is 66.0 Å². The van der Waals surface area contributed by atoms with E-state index >= 15 is 0 Å². The molecule has 1 aliphatic carbocycles. The van der Waals surface area contributed by atoms with Gasteiger partial charge >= 0.3 is 0 Å². The number of fused-ring (bicyclic) bond motifs is 1. The number of piperidine rings is 1. The number of carbonyl (C=O) groups excluding carboxylic acids is 1. The Hall–Kier alpha value is -0.940. The topological polar surface area (TPSA) is 53.4 Å². The number of thiazole rings is 1. The summed E-state index contributed by atoms with van der Waals surface area (Å²) in [5, 5.41) is 11.4. The summed E-state index contributed by atoms with van der Waals surface area (Å²) in [6.07, 6.45) is 4.34. The van der Waals surface area contributed by atoms with Crippen LogP contribution in [0.4, 0.5) is 0 Å². The molecule has 1 N–H and O–H groups in total. The minimum Gasteiger partial charge on any atom is -0.392 e. The number of aliphatic hydroxyl groups excluding tert-OH is 1. The molecule has 128 valence electrons. The predicted octanol–water partition coefficient (Wildman–Crippen LogP) is 3.35. The number of nitrogens with zero attached hydrogens (tertiary/aromatic N) is 2. The van der Waals surface area contributed by atoms with Gasteiger partial charge in [0.25, 0.3) is 5.91 Å². The fourth-order valence-electron chi connectivity index (χ4n) is 4.23. The first kappa shape index (κ1) is 16.9. The Balaban J connectivity index is 1.78. The molecule has 2 fully saturated rings. The van der Waals surface area contributed by atoms with Crippen LogP contribution in [-0.4, -0.2) is 39.6 Å². The lowest BCUT2D eigenvalue weighted by molar-refractivity contribution is -0.179. The molecule has 1 amide bonds. The zero-order valence-corrected chi connectivity index (χ0v) is 15.6. The quantitative estimate of drug-likeness (QED) is 0.901. The second kappa shape index (κ2) is 5.55. The van der Waals surface area contributed by atoms with E-state index < -0.39 is 0 Å². The van der Waals surface area contributed by atoms with Crippen LogP contribution in [0.25, 0.3) is 0 Å². The van der Waals surface area contributed by atoms with Gasteiger partial charge in [-0.3, -0.25) is 4.79 Å². The summed E-state index contributed by atoms with van der Waals surface area (Å²) in [7, 11) is 0. The van der Waals surface area contributed by atoms with Gasteiger partial charge in [-0.1, -0.05) is 34.6 Å². The second-order valence-corrected chi connectivity index (χ2v) is 9.99. The van der Waals surface area contributed by atoms with Crippen molar-refractivity contribution in [1.29, 1.82) is 0 Å². The Morgan fingerprint density at radius 1 is 1.48 bits per heavy atom. The van der Waals surface area contributed by atoms with Crippen LogP contribution >= 0.6 is 11.3 Å². The molecule has 23 heavy (non-hydrogen) atoms. The van der Waals surface area contributed by atoms with E-state index in [-0.39, 0.29) is 34.8 Å². The van der Waals surface area contributed by atoms with Crippen LogP contribution in [0.2, 0.25) is 0 Å². The van der Waals surface area contributed by atoms with Crippen molar-refractivity contribution in [3.63, 3.8) is 0 Å². The normalized spacial score (nSPS) is 29.8. The monoisotopic (exact) mass is 336 g/mol. The van der Waals surface area contributed by atoms with Gasteiger partial charge in [-0.2, -0.15) is 0 Å². The summed E-state index contributed by atoms with van der Waals surface area (Å²) in [4.78, 5) is 20.2. The third kappa shape index (κ3) is 2.93. The average Bonchev–Trinajstić information content (AvgIpc) is 2.91. The van der Waals surface area contributed by atoms with E-state index in [0.717, 1.165) is 35.7 Å². The Morgan fingerprint density at radius 2 is 2.17 bits per heavy atom. The maximum absolute atomic E-state index is 13.0. The number of aromatic nitrogens is 1. The molecular formula is C18H28N2O2S. The third-order valence-electron chi connectivity index (χ3n) is 5.31. The van der Waals surface area contributed by atoms with E-state index in [2.05, 4.69) is 39.6 Å². The highest BCUT2D eigenvalue weighted by molar-refractivity contribution is 7.13. The zero-order valence-electron chi connectivity index (χ0n) is 14.8. The molecule has 0 radical (unpaired) electrons. The minimum atomic E-state index is -0.291. The molecule has 0 aromatic carbocycles. The van der Waals surface area contributed by atoms with Crippen molar-refractivity contribution in [3.8, 4) is 0 Å². The van der Waals surface area contributed by atoms with Gasteiger partial charge < -0.3 is 10.0 Å². The molecule has 1 aromatic rings. The van der Waals surface area contributed by atoms with Crippen LogP contribution in [0.3, 0.4) is 0 Å². The van der Waals surface area contributed by atoms with Crippen LogP contribution in [0.15, 0.2) is 6.20 Å². The standard InChI is InChI=1S/C18H28N2O2S/c1-17(2,3)9-13-19-10-12(23-13)16(22)20-8-6-7-11-14(20)18(4,5)15(11)21/h10-11,14-15,21H,6-9H2,1-5H3/t11-,14+,15-/m0/s1. The zero-order chi connectivity index (χ0) is 17.0. The van der Waals surface area contributed by atoms with Crippen LogP contribution in [0.1, 0.15) is 62.1 Å². The van der Waals surface area contributed by atoms with E-state index in [9.17, 15) is 9.90 Å². The lowest BCUT2D eigenvalue weighted by Crippen LogP contribution is -2.71. The van der Waals surface area contributed by atoms with Gasteiger partial charge in [0, 0.05) is 30.3 Å².